The van der Waals surface area contributed by atoms with E-state index in [1.807, 2.05) is 54.6 Å². The maximum Gasteiger partial charge on any atom is 0.251 e. The standard InChI is InChI=1S/C23H26N4O/c1-16(2)11-13-25-23(28)19-5-4-6-20(15-19)26-21-12-14-24-22(27-21)18-9-7-17(3)8-10-18/h4-10,12,14-16H,11,13H2,1-3H3,(H,25,28)(H,24,26,27). The number of benzene rings is 2. The summed E-state index contributed by atoms with van der Waals surface area (Å²) >= 11 is 0. The molecule has 0 fully saturated rings. The van der Waals surface area contributed by atoms with E-state index in [4.69, 9.17) is 0 Å². The minimum Gasteiger partial charge on any atom is -0.352 e. The van der Waals surface area contributed by atoms with Crippen molar-refractivity contribution in [3.63, 3.8) is 0 Å². The first-order valence-corrected chi connectivity index (χ1v) is 9.56. The first kappa shape index (κ1) is 19.5. The molecule has 3 aromatic rings. The molecule has 5 heteroatoms. The number of nitrogens with one attached hydrogen (secondary N) is 2. The van der Waals surface area contributed by atoms with E-state index >= 15 is 0 Å². The second kappa shape index (κ2) is 9.13. The van der Waals surface area contributed by atoms with Crippen LogP contribution in [0.1, 0.15) is 36.2 Å². The van der Waals surface area contributed by atoms with Gasteiger partial charge < -0.3 is 10.6 Å². The first-order valence-electron chi connectivity index (χ1n) is 9.56. The van der Waals surface area contributed by atoms with Crippen LogP contribution in [0.25, 0.3) is 11.4 Å². The average Bonchev–Trinajstić information content (AvgIpc) is 2.68. The van der Waals surface area contributed by atoms with Crippen LogP contribution in [0, 0.1) is 12.8 Å². The molecule has 1 heterocycles. The molecule has 1 aromatic heterocycles. The van der Waals surface area contributed by atoms with E-state index in [-0.39, 0.29) is 5.91 Å². The number of rotatable bonds is 7. The molecule has 0 saturated carbocycles. The molecule has 2 aromatic carbocycles. The summed E-state index contributed by atoms with van der Waals surface area (Å²) in [5.41, 5.74) is 3.60. The predicted octanol–water partition coefficient (Wildman–Crippen LogP) is 4.97. The predicted molar refractivity (Wildman–Crippen MR) is 114 cm³/mol. The molecule has 0 aliphatic heterocycles. The Morgan fingerprint density at radius 2 is 1.86 bits per heavy atom. The monoisotopic (exact) mass is 374 g/mol. The number of hydrogen-bond donors (Lipinski definition) is 2. The Kier molecular flexibility index (Phi) is 6.37. The van der Waals surface area contributed by atoms with Crippen LogP contribution in [-0.2, 0) is 0 Å². The SMILES string of the molecule is Cc1ccc(-c2nccc(Nc3cccc(C(=O)NCCC(C)C)c3)n2)cc1. The van der Waals surface area contributed by atoms with Crippen LogP contribution < -0.4 is 10.6 Å². The topological polar surface area (TPSA) is 66.9 Å². The summed E-state index contributed by atoms with van der Waals surface area (Å²) in [6.07, 6.45) is 2.69. The Morgan fingerprint density at radius 1 is 1.07 bits per heavy atom. The molecule has 0 unspecified atom stereocenters. The van der Waals surface area contributed by atoms with Crippen LogP contribution in [-0.4, -0.2) is 22.4 Å². The fourth-order valence-electron chi connectivity index (χ4n) is 2.73. The van der Waals surface area contributed by atoms with Gasteiger partial charge in [0.15, 0.2) is 5.82 Å². The zero-order valence-corrected chi connectivity index (χ0v) is 16.6. The highest BCUT2D eigenvalue weighted by Gasteiger charge is 2.08. The molecule has 1 amide bonds. The zero-order valence-electron chi connectivity index (χ0n) is 16.6. The molecule has 144 valence electrons. The van der Waals surface area contributed by atoms with Gasteiger partial charge in [0.05, 0.1) is 0 Å². The summed E-state index contributed by atoms with van der Waals surface area (Å²) in [7, 11) is 0. The van der Waals surface area contributed by atoms with Crippen molar-refractivity contribution >= 4 is 17.4 Å². The number of aryl methyl sites for hydroxylation is 1. The Bertz CT molecular complexity index is 935. The second-order valence-electron chi connectivity index (χ2n) is 7.28. The smallest absolute Gasteiger partial charge is 0.251 e. The Morgan fingerprint density at radius 3 is 2.61 bits per heavy atom. The van der Waals surface area contributed by atoms with Crippen LogP contribution in [0.15, 0.2) is 60.8 Å². The largest absolute Gasteiger partial charge is 0.352 e. The van der Waals surface area contributed by atoms with E-state index in [9.17, 15) is 4.79 Å². The number of hydrogen-bond acceptors (Lipinski definition) is 4. The Labute approximate surface area is 166 Å². The van der Waals surface area contributed by atoms with Gasteiger partial charge in [-0.1, -0.05) is 49.7 Å². The van der Waals surface area contributed by atoms with Crippen LogP contribution in [0.5, 0.6) is 0 Å². The van der Waals surface area contributed by atoms with E-state index in [1.165, 1.54) is 5.56 Å². The maximum atomic E-state index is 12.3. The summed E-state index contributed by atoms with van der Waals surface area (Å²) in [4.78, 5) is 21.3. The lowest BCUT2D eigenvalue weighted by atomic mass is 10.1. The van der Waals surface area contributed by atoms with Gasteiger partial charge in [0, 0.05) is 29.6 Å². The van der Waals surface area contributed by atoms with Crippen LogP contribution in [0.3, 0.4) is 0 Å². The van der Waals surface area contributed by atoms with Gasteiger partial charge in [0.1, 0.15) is 5.82 Å². The van der Waals surface area contributed by atoms with E-state index in [0.717, 1.165) is 17.7 Å². The van der Waals surface area contributed by atoms with Crippen molar-refractivity contribution in [3.8, 4) is 11.4 Å². The molecule has 2 N–H and O–H groups in total. The third-order valence-electron chi connectivity index (χ3n) is 4.37. The van der Waals surface area contributed by atoms with Gasteiger partial charge in [-0.25, -0.2) is 9.97 Å². The lowest BCUT2D eigenvalue weighted by Gasteiger charge is -2.10. The van der Waals surface area contributed by atoms with Gasteiger partial charge >= 0.3 is 0 Å². The van der Waals surface area contributed by atoms with Gasteiger partial charge in [0.2, 0.25) is 0 Å². The van der Waals surface area contributed by atoms with E-state index in [2.05, 4.69) is 41.4 Å². The summed E-state index contributed by atoms with van der Waals surface area (Å²) in [5.74, 6) is 1.84. The molecule has 0 saturated heterocycles. The molecule has 0 aliphatic rings. The molecular weight excluding hydrogens is 348 g/mol. The quantitative estimate of drug-likeness (QED) is 0.613. The average molecular weight is 374 g/mol. The Balaban J connectivity index is 1.71. The highest BCUT2D eigenvalue weighted by molar-refractivity contribution is 5.95. The summed E-state index contributed by atoms with van der Waals surface area (Å²) in [5, 5.41) is 6.23. The molecule has 0 spiro atoms. The fraction of sp³-hybridized carbons (Fsp3) is 0.261. The highest BCUT2D eigenvalue weighted by atomic mass is 16.1. The van der Waals surface area contributed by atoms with Gasteiger partial charge in [-0.2, -0.15) is 0 Å². The molecule has 5 nitrogen and oxygen atoms in total. The van der Waals surface area contributed by atoms with Crippen molar-refractivity contribution in [2.45, 2.75) is 27.2 Å². The van der Waals surface area contributed by atoms with Crippen LogP contribution >= 0.6 is 0 Å². The summed E-state index contributed by atoms with van der Waals surface area (Å²) in [6, 6.07) is 17.3. The number of anilines is 2. The molecule has 28 heavy (non-hydrogen) atoms. The zero-order chi connectivity index (χ0) is 19.9. The number of amides is 1. The van der Waals surface area contributed by atoms with Gasteiger partial charge in [-0.3, -0.25) is 4.79 Å². The van der Waals surface area contributed by atoms with Gasteiger partial charge in [-0.15, -0.1) is 0 Å². The minimum absolute atomic E-state index is 0.0627. The van der Waals surface area contributed by atoms with Crippen molar-refractivity contribution in [2.75, 3.05) is 11.9 Å². The van der Waals surface area contributed by atoms with Crippen LogP contribution in [0.2, 0.25) is 0 Å². The third-order valence-corrected chi connectivity index (χ3v) is 4.37. The van der Waals surface area contributed by atoms with Crippen LogP contribution in [0.4, 0.5) is 11.5 Å². The fourth-order valence-corrected chi connectivity index (χ4v) is 2.73. The number of aromatic nitrogens is 2. The van der Waals surface area contributed by atoms with E-state index < -0.39 is 0 Å². The summed E-state index contributed by atoms with van der Waals surface area (Å²) in [6.45, 7) is 7.02. The highest BCUT2D eigenvalue weighted by Crippen LogP contribution is 2.20. The lowest BCUT2D eigenvalue weighted by Crippen LogP contribution is -2.25. The van der Waals surface area contributed by atoms with Crippen molar-refractivity contribution in [1.29, 1.82) is 0 Å². The number of carbonyl (C=O) groups is 1. The molecular formula is C23H26N4O. The van der Waals surface area contributed by atoms with Gasteiger partial charge in [-0.05, 0) is 43.5 Å². The van der Waals surface area contributed by atoms with Crippen molar-refractivity contribution < 1.29 is 4.79 Å². The van der Waals surface area contributed by atoms with Crippen molar-refractivity contribution in [2.24, 2.45) is 5.92 Å². The van der Waals surface area contributed by atoms with Crippen molar-refractivity contribution in [1.82, 2.24) is 15.3 Å². The maximum absolute atomic E-state index is 12.3. The molecule has 0 atom stereocenters. The first-order chi connectivity index (χ1) is 13.5. The molecule has 0 radical (unpaired) electrons. The van der Waals surface area contributed by atoms with Gasteiger partial charge in [0.25, 0.3) is 5.91 Å². The second-order valence-corrected chi connectivity index (χ2v) is 7.28. The Hall–Kier alpha value is -3.21. The van der Waals surface area contributed by atoms with E-state index in [0.29, 0.717) is 29.7 Å². The van der Waals surface area contributed by atoms with Crippen molar-refractivity contribution in [3.05, 3.63) is 71.9 Å². The number of nitrogens with zero attached hydrogens (tertiary/aromatic N) is 2. The summed E-state index contributed by atoms with van der Waals surface area (Å²) < 4.78 is 0. The molecule has 0 bridgehead atoms. The lowest BCUT2D eigenvalue weighted by molar-refractivity contribution is 0.0952. The minimum atomic E-state index is -0.0627. The third kappa shape index (κ3) is 5.39. The molecule has 3 rings (SSSR count). The number of carbonyl (C=O) groups excluding carboxylic acids is 1. The normalized spacial score (nSPS) is 10.7. The van der Waals surface area contributed by atoms with E-state index in [1.54, 1.807) is 6.20 Å². The molecule has 0 aliphatic carbocycles.